The Kier molecular flexibility index (Phi) is 1.86. The average Bonchev–Trinajstić information content (AvgIpc) is 2.60. The number of carbonyl (C=O) groups is 2. The Morgan fingerprint density at radius 1 is 1.47 bits per heavy atom. The summed E-state index contributed by atoms with van der Waals surface area (Å²) in [5.74, 6) is -0.975. The Bertz CT molecular complexity index is 519. The number of aromatic nitrogens is 3. The number of rotatable bonds is 1. The first-order valence-corrected chi connectivity index (χ1v) is 3.96. The molecule has 2 rings (SSSR count). The standard InChI is InChI=1S/C8H6N4O3/c9-8(15)12-3-10-2-4-1-5(7(13)14)11-6(4)12/h1-3H,(H2,9,15)(H,13,14). The molecule has 2 heterocycles. The van der Waals surface area contributed by atoms with Gasteiger partial charge >= 0.3 is 12.0 Å². The van der Waals surface area contributed by atoms with Crippen LogP contribution in [0.2, 0.25) is 0 Å². The van der Waals surface area contributed by atoms with Gasteiger partial charge in [0.25, 0.3) is 0 Å². The van der Waals surface area contributed by atoms with E-state index in [-0.39, 0.29) is 11.5 Å². The highest BCUT2D eigenvalue weighted by molar-refractivity contribution is 5.89. The third-order valence-corrected chi connectivity index (χ3v) is 1.86. The molecule has 0 fully saturated rings. The minimum Gasteiger partial charge on any atom is -0.477 e. The van der Waals surface area contributed by atoms with Crippen LogP contribution in [0, 0.1) is 0 Å². The Morgan fingerprint density at radius 3 is 2.80 bits per heavy atom. The summed E-state index contributed by atoms with van der Waals surface area (Å²) in [7, 11) is 0. The van der Waals surface area contributed by atoms with E-state index in [1.165, 1.54) is 18.6 Å². The molecule has 0 spiro atoms. The van der Waals surface area contributed by atoms with Crippen molar-refractivity contribution in [1.29, 1.82) is 0 Å². The van der Waals surface area contributed by atoms with E-state index in [4.69, 9.17) is 10.8 Å². The lowest BCUT2D eigenvalue weighted by molar-refractivity contribution is 0.0691. The van der Waals surface area contributed by atoms with E-state index >= 15 is 0 Å². The average molecular weight is 206 g/mol. The topological polar surface area (TPSA) is 111 Å². The highest BCUT2D eigenvalue weighted by Crippen LogP contribution is 2.20. The van der Waals surface area contributed by atoms with E-state index in [0.29, 0.717) is 5.56 Å². The molecule has 2 aliphatic heterocycles. The molecule has 76 valence electrons. The summed E-state index contributed by atoms with van der Waals surface area (Å²) < 4.78 is 0.988. The fraction of sp³-hybridized carbons (Fsp3) is 0. The van der Waals surface area contributed by atoms with Gasteiger partial charge in [0.15, 0.2) is 11.5 Å². The van der Waals surface area contributed by atoms with Crippen LogP contribution < -0.4 is 5.73 Å². The quantitative estimate of drug-likeness (QED) is 0.682. The highest BCUT2D eigenvalue weighted by Gasteiger charge is 2.18. The molecule has 7 heteroatoms. The van der Waals surface area contributed by atoms with Gasteiger partial charge in [-0.05, 0) is 6.07 Å². The summed E-state index contributed by atoms with van der Waals surface area (Å²) in [4.78, 5) is 29.1. The lowest BCUT2D eigenvalue weighted by Crippen LogP contribution is -2.22. The van der Waals surface area contributed by atoms with Crippen LogP contribution in [-0.2, 0) is 0 Å². The lowest BCUT2D eigenvalue weighted by Gasteiger charge is -2.04. The van der Waals surface area contributed by atoms with Gasteiger partial charge in [0.1, 0.15) is 6.33 Å². The minimum atomic E-state index is -1.16. The number of amides is 1. The summed E-state index contributed by atoms with van der Waals surface area (Å²) >= 11 is 0. The van der Waals surface area contributed by atoms with Gasteiger partial charge in [-0.3, -0.25) is 0 Å². The van der Waals surface area contributed by atoms with Crippen LogP contribution in [0.25, 0.3) is 11.4 Å². The van der Waals surface area contributed by atoms with E-state index in [9.17, 15) is 9.59 Å². The van der Waals surface area contributed by atoms with Gasteiger partial charge in [-0.15, -0.1) is 0 Å². The number of carboxylic acid groups (broad SMARTS) is 1. The van der Waals surface area contributed by atoms with Gasteiger partial charge in [0.05, 0.1) is 0 Å². The number of nitrogens with zero attached hydrogens (tertiary/aromatic N) is 3. The van der Waals surface area contributed by atoms with Crippen LogP contribution in [0.3, 0.4) is 0 Å². The van der Waals surface area contributed by atoms with Crippen LogP contribution in [0.4, 0.5) is 4.79 Å². The minimum absolute atomic E-state index is 0.145. The maximum absolute atomic E-state index is 11.0. The molecule has 1 amide bonds. The van der Waals surface area contributed by atoms with E-state index in [0.717, 1.165) is 4.57 Å². The molecule has 0 atom stereocenters. The maximum atomic E-state index is 11.0. The Labute approximate surface area is 83.5 Å². The molecule has 0 aromatic rings. The highest BCUT2D eigenvalue weighted by atomic mass is 16.4. The summed E-state index contributed by atoms with van der Waals surface area (Å²) in [6, 6.07) is 0.563. The lowest BCUT2D eigenvalue weighted by atomic mass is 10.3. The van der Waals surface area contributed by atoms with Crippen molar-refractivity contribution in [3.8, 4) is 11.4 Å². The number of nitrogens with two attached hydrogens (primary N) is 1. The van der Waals surface area contributed by atoms with Crippen molar-refractivity contribution in [3.63, 3.8) is 0 Å². The molecule has 0 unspecified atom stereocenters. The van der Waals surface area contributed by atoms with E-state index in [2.05, 4.69) is 9.97 Å². The van der Waals surface area contributed by atoms with Crippen LogP contribution >= 0.6 is 0 Å². The number of carboxylic acids is 1. The van der Waals surface area contributed by atoms with Crippen molar-refractivity contribution in [1.82, 2.24) is 14.5 Å². The molecule has 0 bridgehead atoms. The first-order valence-electron chi connectivity index (χ1n) is 3.96. The fourth-order valence-corrected chi connectivity index (χ4v) is 1.22. The normalized spacial score (nSPS) is 10.4. The van der Waals surface area contributed by atoms with E-state index in [1.807, 2.05) is 0 Å². The number of hydrogen-bond acceptors (Lipinski definition) is 4. The largest absolute Gasteiger partial charge is 0.477 e. The number of carbonyl (C=O) groups excluding carboxylic acids is 1. The van der Waals surface area contributed by atoms with Crippen LogP contribution in [0.5, 0.6) is 0 Å². The summed E-state index contributed by atoms with van der Waals surface area (Å²) in [5, 5.41) is 8.71. The van der Waals surface area contributed by atoms with Crippen molar-refractivity contribution in [2.75, 3.05) is 0 Å². The monoisotopic (exact) mass is 206 g/mol. The molecular weight excluding hydrogens is 200 g/mol. The zero-order valence-corrected chi connectivity index (χ0v) is 7.41. The van der Waals surface area contributed by atoms with Crippen molar-refractivity contribution in [3.05, 3.63) is 24.3 Å². The van der Waals surface area contributed by atoms with Gasteiger partial charge in [-0.2, -0.15) is 0 Å². The fourth-order valence-electron chi connectivity index (χ4n) is 1.22. The van der Waals surface area contributed by atoms with Crippen LogP contribution in [-0.4, -0.2) is 31.6 Å². The molecular formula is C8H6N4O3. The second-order valence-corrected chi connectivity index (χ2v) is 2.83. The molecule has 0 radical (unpaired) electrons. The number of aromatic carboxylic acids is 1. The molecule has 2 aliphatic rings. The smallest absolute Gasteiger partial charge is 0.354 e. The first kappa shape index (κ1) is 9.13. The molecule has 15 heavy (non-hydrogen) atoms. The van der Waals surface area contributed by atoms with Crippen molar-refractivity contribution in [2.45, 2.75) is 0 Å². The summed E-state index contributed by atoms with van der Waals surface area (Å²) in [5.41, 5.74) is 5.37. The zero-order valence-electron chi connectivity index (χ0n) is 7.41. The van der Waals surface area contributed by atoms with Gasteiger partial charge in [-0.25, -0.2) is 24.1 Å². The summed E-state index contributed by atoms with van der Waals surface area (Å²) in [6.45, 7) is 0. The van der Waals surface area contributed by atoms with Gasteiger partial charge in [0, 0.05) is 11.8 Å². The van der Waals surface area contributed by atoms with Gasteiger partial charge in [-0.1, -0.05) is 0 Å². The number of hydrogen-bond donors (Lipinski definition) is 2. The molecule has 0 saturated heterocycles. The van der Waals surface area contributed by atoms with Crippen molar-refractivity contribution in [2.24, 2.45) is 5.73 Å². The van der Waals surface area contributed by atoms with Crippen LogP contribution in [0.1, 0.15) is 10.5 Å². The molecule has 3 N–H and O–H groups in total. The molecule has 0 aromatic carbocycles. The van der Waals surface area contributed by atoms with E-state index in [1.54, 1.807) is 0 Å². The second-order valence-electron chi connectivity index (χ2n) is 2.83. The SMILES string of the molecule is NC(=O)n1cncc2cc(C(=O)O)nc1-2. The Hall–Kier alpha value is -2.44. The molecule has 0 saturated carbocycles. The Morgan fingerprint density at radius 2 is 2.20 bits per heavy atom. The predicted molar refractivity (Wildman–Crippen MR) is 48.6 cm³/mol. The number of primary amides is 1. The number of fused-ring (bicyclic) bond motifs is 1. The molecule has 7 nitrogen and oxygen atoms in total. The zero-order chi connectivity index (χ0) is 11.0. The van der Waals surface area contributed by atoms with Crippen molar-refractivity contribution >= 4 is 12.0 Å². The van der Waals surface area contributed by atoms with Gasteiger partial charge < -0.3 is 10.8 Å². The third kappa shape index (κ3) is 1.39. The van der Waals surface area contributed by atoms with Crippen LogP contribution in [0.15, 0.2) is 18.6 Å². The summed E-state index contributed by atoms with van der Waals surface area (Å²) in [6.07, 6.45) is 2.59. The van der Waals surface area contributed by atoms with Gasteiger partial charge in [0.2, 0.25) is 0 Å². The third-order valence-electron chi connectivity index (χ3n) is 1.86. The van der Waals surface area contributed by atoms with E-state index < -0.39 is 12.0 Å². The first-order chi connectivity index (χ1) is 7.09. The molecule has 0 aliphatic carbocycles. The second kappa shape index (κ2) is 3.05. The van der Waals surface area contributed by atoms with Crippen molar-refractivity contribution < 1.29 is 14.7 Å². The predicted octanol–water partition coefficient (Wildman–Crippen LogP) is 0.00790. The molecule has 0 aromatic heterocycles. The maximum Gasteiger partial charge on any atom is 0.354 e. The Balaban J connectivity index is 2.68.